The fraction of sp³-hybridized carbons (Fsp3) is 0.167. The quantitative estimate of drug-likeness (QED) is 0.234. The van der Waals surface area contributed by atoms with Gasteiger partial charge in [0.1, 0.15) is 5.75 Å². The first-order chi connectivity index (χ1) is 12.9. The molecule has 0 saturated heterocycles. The monoisotopic (exact) mass is 477 g/mol. The summed E-state index contributed by atoms with van der Waals surface area (Å²) in [4.78, 5) is 3.73. The van der Waals surface area contributed by atoms with Gasteiger partial charge in [0.2, 0.25) is 0 Å². The molecule has 0 bridgehead atoms. The average Bonchev–Trinajstić information content (AvgIpc) is 3.09. The van der Waals surface area contributed by atoms with Crippen molar-refractivity contribution in [2.75, 3.05) is 7.11 Å². The number of nitrogens with zero attached hydrogens (tertiary/aromatic N) is 1. The van der Waals surface area contributed by atoms with Crippen molar-refractivity contribution in [3.8, 4) is 5.75 Å². The number of hydrogen-bond acceptors (Lipinski definition) is 4. The molecule has 1 heterocycles. The van der Waals surface area contributed by atoms with E-state index in [1.807, 2.05) is 18.2 Å². The maximum absolute atomic E-state index is 13.7. The number of rotatable bonds is 6. The van der Waals surface area contributed by atoms with Crippen molar-refractivity contribution >= 4 is 39.0 Å². The Balaban J connectivity index is 1.70. The minimum absolute atomic E-state index is 0.0941. The van der Waals surface area contributed by atoms with E-state index in [1.165, 1.54) is 11.3 Å². The zero-order valence-corrected chi connectivity index (χ0v) is 17.1. The van der Waals surface area contributed by atoms with Crippen LogP contribution in [0.15, 0.2) is 39.0 Å². The molecule has 3 rings (SSSR count). The van der Waals surface area contributed by atoms with E-state index in [0.717, 1.165) is 15.0 Å². The van der Waals surface area contributed by atoms with E-state index < -0.39 is 28.2 Å². The molecule has 0 atom stereocenters. The second kappa shape index (κ2) is 8.62. The molecule has 0 saturated carbocycles. The fourth-order valence-electron chi connectivity index (χ4n) is 2.31. The second-order valence-electron chi connectivity index (χ2n) is 5.46. The highest BCUT2D eigenvalue weighted by atomic mass is 79.9. The molecule has 2 nitrogen and oxygen atoms in total. The van der Waals surface area contributed by atoms with E-state index in [1.54, 1.807) is 12.5 Å². The van der Waals surface area contributed by atoms with Gasteiger partial charge in [0, 0.05) is 23.6 Å². The smallest absolute Gasteiger partial charge is 0.175 e. The van der Waals surface area contributed by atoms with Gasteiger partial charge in [0.05, 0.1) is 27.2 Å². The zero-order chi connectivity index (χ0) is 19.6. The summed E-state index contributed by atoms with van der Waals surface area (Å²) in [6.45, 7) is 0. The van der Waals surface area contributed by atoms with Crippen molar-refractivity contribution in [1.29, 1.82) is 0 Å². The number of thiazole rings is 1. The molecule has 0 aliphatic heterocycles. The predicted molar refractivity (Wildman–Crippen MR) is 101 cm³/mol. The molecule has 0 amide bonds. The summed E-state index contributed by atoms with van der Waals surface area (Å²) < 4.78 is 60.0. The Hall–Kier alpha value is -1.58. The molecule has 1 aromatic heterocycles. The highest BCUT2D eigenvalue weighted by molar-refractivity contribution is 9.10. The van der Waals surface area contributed by atoms with Gasteiger partial charge in [-0.2, -0.15) is 0 Å². The predicted octanol–water partition coefficient (Wildman–Crippen LogP) is 6.35. The lowest BCUT2D eigenvalue weighted by Crippen LogP contribution is -1.97. The van der Waals surface area contributed by atoms with E-state index in [2.05, 4.69) is 20.9 Å². The van der Waals surface area contributed by atoms with Gasteiger partial charge in [-0.1, -0.05) is 6.07 Å². The molecule has 0 N–H and O–H groups in total. The van der Waals surface area contributed by atoms with E-state index in [0.29, 0.717) is 29.6 Å². The molecule has 27 heavy (non-hydrogen) atoms. The largest absolute Gasteiger partial charge is 0.496 e. The molecule has 2 aromatic carbocycles. The Morgan fingerprint density at radius 2 is 1.81 bits per heavy atom. The Kier molecular flexibility index (Phi) is 6.44. The van der Waals surface area contributed by atoms with Crippen LogP contribution in [0.1, 0.15) is 16.3 Å². The number of hydrogen-bond donors (Lipinski definition) is 0. The summed E-state index contributed by atoms with van der Waals surface area (Å²) in [5.74, 6) is -4.82. The lowest BCUT2D eigenvalue weighted by Gasteiger charge is -2.06. The Labute approximate surface area is 169 Å². The zero-order valence-electron chi connectivity index (χ0n) is 13.9. The minimum atomic E-state index is -1.42. The van der Waals surface area contributed by atoms with Gasteiger partial charge in [-0.05, 0) is 33.6 Å². The first kappa shape index (κ1) is 20.2. The standard InChI is InChI=1S/C18H12BrF4NOS2/c1-25-14-4-9(2-3-11(14)19)5-15-24-10(7-26-15)8-27-18-16(22)12(20)6-13(21)17(18)23/h2-4,6-7H,5,8H2,1H3. The van der Waals surface area contributed by atoms with Crippen molar-refractivity contribution in [3.05, 3.63) is 73.7 Å². The van der Waals surface area contributed by atoms with Crippen LogP contribution in [0.5, 0.6) is 5.75 Å². The molecule has 0 spiro atoms. The SMILES string of the molecule is COc1cc(Cc2nc(CSc3c(F)c(F)cc(F)c3F)cs2)ccc1Br. The van der Waals surface area contributed by atoms with Crippen LogP contribution in [-0.2, 0) is 12.2 Å². The van der Waals surface area contributed by atoms with Crippen LogP contribution in [-0.4, -0.2) is 12.1 Å². The molecular weight excluding hydrogens is 466 g/mol. The van der Waals surface area contributed by atoms with E-state index in [4.69, 9.17) is 4.74 Å². The third-order valence-corrected chi connectivity index (χ3v) is 6.25. The van der Waals surface area contributed by atoms with Crippen molar-refractivity contribution in [1.82, 2.24) is 4.98 Å². The van der Waals surface area contributed by atoms with Crippen molar-refractivity contribution in [2.45, 2.75) is 17.1 Å². The molecule has 0 radical (unpaired) electrons. The molecular formula is C18H12BrF4NOS2. The number of aromatic nitrogens is 1. The second-order valence-corrected chi connectivity index (χ2v) is 8.25. The third kappa shape index (κ3) is 4.64. The molecule has 0 unspecified atom stereocenters. The fourth-order valence-corrected chi connectivity index (χ4v) is 4.54. The van der Waals surface area contributed by atoms with Crippen LogP contribution in [0.4, 0.5) is 17.6 Å². The highest BCUT2D eigenvalue weighted by Crippen LogP contribution is 2.32. The van der Waals surface area contributed by atoms with Crippen LogP contribution in [0.25, 0.3) is 0 Å². The minimum Gasteiger partial charge on any atom is -0.496 e. The van der Waals surface area contributed by atoms with Gasteiger partial charge < -0.3 is 4.74 Å². The topological polar surface area (TPSA) is 22.1 Å². The average molecular weight is 478 g/mol. The summed E-state index contributed by atoms with van der Waals surface area (Å²) in [5.41, 5.74) is 1.57. The van der Waals surface area contributed by atoms with E-state index >= 15 is 0 Å². The molecule has 142 valence electrons. The Morgan fingerprint density at radius 3 is 2.48 bits per heavy atom. The number of thioether (sulfide) groups is 1. The number of methoxy groups -OCH3 is 1. The van der Waals surface area contributed by atoms with Gasteiger partial charge in [-0.25, -0.2) is 22.5 Å². The molecule has 9 heteroatoms. The van der Waals surface area contributed by atoms with Crippen molar-refractivity contribution < 1.29 is 22.3 Å². The van der Waals surface area contributed by atoms with Gasteiger partial charge in [-0.3, -0.25) is 0 Å². The first-order valence-electron chi connectivity index (χ1n) is 7.60. The Bertz CT molecular complexity index is 954. The molecule has 0 aliphatic carbocycles. The van der Waals surface area contributed by atoms with Crippen molar-refractivity contribution in [3.63, 3.8) is 0 Å². The van der Waals surface area contributed by atoms with Gasteiger partial charge in [0.25, 0.3) is 0 Å². The third-order valence-electron chi connectivity index (χ3n) is 3.61. The maximum Gasteiger partial charge on any atom is 0.175 e. The lowest BCUT2D eigenvalue weighted by molar-refractivity contribution is 0.411. The van der Waals surface area contributed by atoms with E-state index in [-0.39, 0.29) is 11.8 Å². The first-order valence-corrected chi connectivity index (χ1v) is 10.3. The summed E-state index contributed by atoms with van der Waals surface area (Å²) >= 11 is 5.46. The van der Waals surface area contributed by atoms with Crippen LogP contribution in [0.3, 0.4) is 0 Å². The van der Waals surface area contributed by atoms with Gasteiger partial charge in [-0.15, -0.1) is 23.1 Å². The van der Waals surface area contributed by atoms with Crippen LogP contribution < -0.4 is 4.74 Å². The molecule has 0 fully saturated rings. The molecule has 3 aromatic rings. The maximum atomic E-state index is 13.7. The lowest BCUT2D eigenvalue weighted by atomic mass is 10.1. The number of ether oxygens (including phenoxy) is 1. The highest BCUT2D eigenvalue weighted by Gasteiger charge is 2.20. The van der Waals surface area contributed by atoms with Crippen LogP contribution in [0, 0.1) is 23.3 Å². The van der Waals surface area contributed by atoms with Crippen molar-refractivity contribution in [2.24, 2.45) is 0 Å². The van der Waals surface area contributed by atoms with Crippen LogP contribution >= 0.6 is 39.0 Å². The molecule has 0 aliphatic rings. The summed E-state index contributed by atoms with van der Waals surface area (Å²) in [5, 5.41) is 2.56. The normalized spacial score (nSPS) is 11.0. The summed E-state index contributed by atoms with van der Waals surface area (Å²) in [6.07, 6.45) is 0.566. The van der Waals surface area contributed by atoms with Crippen LogP contribution in [0.2, 0.25) is 0 Å². The van der Waals surface area contributed by atoms with Gasteiger partial charge in [0.15, 0.2) is 23.3 Å². The van der Waals surface area contributed by atoms with Gasteiger partial charge >= 0.3 is 0 Å². The Morgan fingerprint density at radius 1 is 1.11 bits per heavy atom. The number of benzene rings is 2. The summed E-state index contributed by atoms with van der Waals surface area (Å²) in [6, 6.07) is 5.90. The van der Waals surface area contributed by atoms with E-state index in [9.17, 15) is 17.6 Å². The number of halogens is 5. The summed E-state index contributed by atoms with van der Waals surface area (Å²) in [7, 11) is 1.58.